The molecule has 19 heavy (non-hydrogen) atoms. The van der Waals surface area contributed by atoms with Gasteiger partial charge in [-0.1, -0.05) is 24.3 Å². The van der Waals surface area contributed by atoms with E-state index in [1.807, 2.05) is 0 Å². The predicted octanol–water partition coefficient (Wildman–Crippen LogP) is 3.67. The van der Waals surface area contributed by atoms with Crippen LogP contribution >= 0.6 is 0 Å². The summed E-state index contributed by atoms with van der Waals surface area (Å²) < 4.78 is 0. The van der Waals surface area contributed by atoms with E-state index in [0.717, 1.165) is 5.92 Å². The Labute approximate surface area is 117 Å². The van der Waals surface area contributed by atoms with Crippen LogP contribution < -0.4 is 0 Å². The minimum atomic E-state index is 0.647. The molecule has 0 amide bonds. The van der Waals surface area contributed by atoms with Gasteiger partial charge < -0.3 is 4.90 Å². The summed E-state index contributed by atoms with van der Waals surface area (Å²) in [5.74, 6) is 1.06. The first-order valence-corrected chi connectivity index (χ1v) is 8.12. The van der Waals surface area contributed by atoms with Gasteiger partial charge in [-0.3, -0.25) is 0 Å². The number of hydrogen-bond donors (Lipinski definition) is 0. The average Bonchev–Trinajstić information content (AvgIpc) is 3.26. The number of likely N-dealkylation sites (tertiary alicyclic amines) is 1. The van der Waals surface area contributed by atoms with Crippen LogP contribution in [0, 0.1) is 11.3 Å². The van der Waals surface area contributed by atoms with Gasteiger partial charge in [0.2, 0.25) is 0 Å². The van der Waals surface area contributed by atoms with Crippen LogP contribution in [0.4, 0.5) is 0 Å². The molecule has 1 aliphatic heterocycles. The van der Waals surface area contributed by atoms with Crippen molar-refractivity contribution in [3.8, 4) is 0 Å². The Hall–Kier alpha value is -0.820. The van der Waals surface area contributed by atoms with E-state index in [1.165, 1.54) is 64.6 Å². The molecule has 0 unspecified atom stereocenters. The van der Waals surface area contributed by atoms with Gasteiger partial charge in [-0.2, -0.15) is 0 Å². The van der Waals surface area contributed by atoms with Crippen molar-refractivity contribution >= 4 is 0 Å². The molecule has 1 heteroatoms. The molecule has 1 saturated carbocycles. The summed E-state index contributed by atoms with van der Waals surface area (Å²) in [4.78, 5) is 2.74. The topological polar surface area (TPSA) is 3.24 Å². The highest BCUT2D eigenvalue weighted by Crippen LogP contribution is 2.44. The largest absolute Gasteiger partial charge is 0.303 e. The maximum Gasteiger partial charge on any atom is 0.000967 e. The van der Waals surface area contributed by atoms with Crippen molar-refractivity contribution in [2.45, 2.75) is 44.9 Å². The lowest BCUT2D eigenvalue weighted by Crippen LogP contribution is -2.43. The second kappa shape index (κ2) is 4.63. The highest BCUT2D eigenvalue weighted by Gasteiger charge is 2.38. The average molecular weight is 255 g/mol. The molecule has 1 heterocycles. The van der Waals surface area contributed by atoms with E-state index in [1.54, 1.807) is 11.1 Å². The van der Waals surface area contributed by atoms with E-state index in [4.69, 9.17) is 0 Å². The van der Waals surface area contributed by atoms with Crippen molar-refractivity contribution < 1.29 is 0 Å². The standard InChI is InChI=1S/C18H25N/c1-2-4-17-13-18(8-7-16(17)3-1)9-11-19(12-10-18)14-15-5-6-15/h1-4,15H,5-14H2. The van der Waals surface area contributed by atoms with Gasteiger partial charge in [0.05, 0.1) is 0 Å². The zero-order chi connectivity index (χ0) is 12.7. The maximum atomic E-state index is 2.74. The molecule has 1 nitrogen and oxygen atoms in total. The fraction of sp³-hybridized carbons (Fsp3) is 0.667. The van der Waals surface area contributed by atoms with Crippen molar-refractivity contribution in [1.82, 2.24) is 4.90 Å². The molecule has 0 bridgehead atoms. The summed E-state index contributed by atoms with van der Waals surface area (Å²) >= 11 is 0. The zero-order valence-electron chi connectivity index (χ0n) is 11.9. The lowest BCUT2D eigenvalue weighted by atomic mass is 9.66. The van der Waals surface area contributed by atoms with Crippen LogP contribution in [-0.2, 0) is 12.8 Å². The number of nitrogens with zero attached hydrogens (tertiary/aromatic N) is 1. The van der Waals surface area contributed by atoms with Crippen LogP contribution in [0.5, 0.6) is 0 Å². The molecule has 0 radical (unpaired) electrons. The van der Waals surface area contributed by atoms with Crippen LogP contribution in [0.2, 0.25) is 0 Å². The van der Waals surface area contributed by atoms with Gasteiger partial charge in [0.1, 0.15) is 0 Å². The molecule has 2 fully saturated rings. The van der Waals surface area contributed by atoms with Gasteiger partial charge in [0.15, 0.2) is 0 Å². The van der Waals surface area contributed by atoms with Gasteiger partial charge in [0.25, 0.3) is 0 Å². The third kappa shape index (κ3) is 2.45. The van der Waals surface area contributed by atoms with Gasteiger partial charge >= 0.3 is 0 Å². The summed E-state index contributed by atoms with van der Waals surface area (Å²) in [6.07, 6.45) is 9.96. The first-order chi connectivity index (χ1) is 9.33. The number of hydrogen-bond acceptors (Lipinski definition) is 1. The van der Waals surface area contributed by atoms with E-state index >= 15 is 0 Å². The van der Waals surface area contributed by atoms with E-state index in [2.05, 4.69) is 29.2 Å². The van der Waals surface area contributed by atoms with Gasteiger partial charge in [0, 0.05) is 6.54 Å². The fourth-order valence-corrected chi connectivity index (χ4v) is 4.17. The molecule has 1 spiro atoms. The zero-order valence-corrected chi connectivity index (χ0v) is 11.9. The first-order valence-electron chi connectivity index (χ1n) is 8.12. The number of fused-ring (bicyclic) bond motifs is 1. The van der Waals surface area contributed by atoms with Gasteiger partial charge in [-0.15, -0.1) is 0 Å². The molecule has 3 aliphatic rings. The molecule has 2 aliphatic carbocycles. The van der Waals surface area contributed by atoms with Crippen LogP contribution in [0.3, 0.4) is 0 Å². The second-order valence-electron chi connectivity index (χ2n) is 7.19. The molecule has 1 aromatic carbocycles. The first kappa shape index (κ1) is 12.0. The number of aryl methyl sites for hydroxylation is 1. The molecule has 0 atom stereocenters. The molecule has 1 saturated heterocycles. The fourth-order valence-electron chi connectivity index (χ4n) is 4.17. The predicted molar refractivity (Wildman–Crippen MR) is 79.3 cm³/mol. The van der Waals surface area contributed by atoms with E-state index in [-0.39, 0.29) is 0 Å². The number of benzene rings is 1. The summed E-state index contributed by atoms with van der Waals surface area (Å²) in [7, 11) is 0. The van der Waals surface area contributed by atoms with Gasteiger partial charge in [-0.05, 0) is 80.5 Å². The van der Waals surface area contributed by atoms with E-state index < -0.39 is 0 Å². The maximum absolute atomic E-state index is 2.74. The third-order valence-electron chi connectivity index (χ3n) is 5.74. The Balaban J connectivity index is 1.42. The van der Waals surface area contributed by atoms with E-state index in [0.29, 0.717) is 5.41 Å². The summed E-state index contributed by atoms with van der Waals surface area (Å²) in [5.41, 5.74) is 3.91. The number of rotatable bonds is 2. The van der Waals surface area contributed by atoms with Crippen LogP contribution in [0.25, 0.3) is 0 Å². The Kier molecular flexibility index (Phi) is 2.91. The Morgan fingerprint density at radius 1 is 1.00 bits per heavy atom. The second-order valence-corrected chi connectivity index (χ2v) is 7.19. The monoisotopic (exact) mass is 255 g/mol. The minimum absolute atomic E-state index is 0.647. The normalized spacial score (nSPS) is 26.3. The van der Waals surface area contributed by atoms with Crippen LogP contribution in [0.15, 0.2) is 24.3 Å². The van der Waals surface area contributed by atoms with E-state index in [9.17, 15) is 0 Å². The molecular formula is C18H25N. The Morgan fingerprint density at radius 3 is 2.47 bits per heavy atom. The SMILES string of the molecule is c1ccc2c(c1)CCC1(CCN(CC3CC3)CC1)C2. The molecule has 4 rings (SSSR count). The highest BCUT2D eigenvalue weighted by atomic mass is 15.1. The molecular weight excluding hydrogens is 230 g/mol. The van der Waals surface area contributed by atoms with Crippen LogP contribution in [0.1, 0.15) is 43.2 Å². The van der Waals surface area contributed by atoms with Gasteiger partial charge in [-0.25, -0.2) is 0 Å². The summed E-state index contributed by atoms with van der Waals surface area (Å²) in [5, 5.41) is 0. The van der Waals surface area contributed by atoms with Crippen molar-refractivity contribution in [3.63, 3.8) is 0 Å². The lowest BCUT2D eigenvalue weighted by molar-refractivity contribution is 0.0870. The quantitative estimate of drug-likeness (QED) is 0.779. The molecule has 0 N–H and O–H groups in total. The summed E-state index contributed by atoms with van der Waals surface area (Å²) in [6, 6.07) is 9.13. The van der Waals surface area contributed by atoms with Crippen molar-refractivity contribution in [2.24, 2.45) is 11.3 Å². The van der Waals surface area contributed by atoms with Crippen molar-refractivity contribution in [3.05, 3.63) is 35.4 Å². The Morgan fingerprint density at radius 2 is 1.74 bits per heavy atom. The molecule has 102 valence electrons. The van der Waals surface area contributed by atoms with Crippen LogP contribution in [-0.4, -0.2) is 24.5 Å². The smallest absolute Gasteiger partial charge is 0.000967 e. The third-order valence-corrected chi connectivity index (χ3v) is 5.74. The minimum Gasteiger partial charge on any atom is -0.303 e. The highest BCUT2D eigenvalue weighted by molar-refractivity contribution is 5.31. The molecule has 0 aromatic heterocycles. The number of piperidine rings is 1. The summed E-state index contributed by atoms with van der Waals surface area (Å²) in [6.45, 7) is 4.12. The lowest BCUT2D eigenvalue weighted by Gasteiger charge is -2.45. The van der Waals surface area contributed by atoms with Crippen molar-refractivity contribution in [2.75, 3.05) is 19.6 Å². The van der Waals surface area contributed by atoms with Crippen molar-refractivity contribution in [1.29, 1.82) is 0 Å². The molecule has 1 aromatic rings. The Bertz CT molecular complexity index is 453.